The molecule has 0 aliphatic carbocycles. The molecule has 1 unspecified atom stereocenters. The Morgan fingerprint density at radius 1 is 1.21 bits per heavy atom. The van der Waals surface area contributed by atoms with Gasteiger partial charge in [0.25, 0.3) is 0 Å². The van der Waals surface area contributed by atoms with E-state index in [1.54, 1.807) is 12.1 Å². The van der Waals surface area contributed by atoms with Gasteiger partial charge in [-0.25, -0.2) is 4.39 Å². The monoisotopic (exact) mass is 342 g/mol. The molecule has 3 N–H and O–H groups in total. The minimum atomic E-state index is -0.268. The van der Waals surface area contributed by atoms with Crippen LogP contribution in [-0.4, -0.2) is 6.54 Å². The van der Waals surface area contributed by atoms with Crippen LogP contribution in [0.3, 0.4) is 0 Å². The second kappa shape index (κ2) is 6.37. The molecular weight excluding hydrogens is 331 g/mol. The highest BCUT2D eigenvalue weighted by molar-refractivity contribution is 9.10. The van der Waals surface area contributed by atoms with Crippen LogP contribution in [0.25, 0.3) is 0 Å². The van der Waals surface area contributed by atoms with Gasteiger partial charge >= 0.3 is 0 Å². The van der Waals surface area contributed by atoms with Crippen LogP contribution in [-0.2, 0) is 0 Å². The Labute approximate surface area is 124 Å². The first-order valence-electron chi connectivity index (χ1n) is 5.77. The van der Waals surface area contributed by atoms with Crippen molar-refractivity contribution in [3.05, 3.63) is 63.3 Å². The minimum absolute atomic E-state index is 0.129. The van der Waals surface area contributed by atoms with Crippen LogP contribution in [0.4, 0.5) is 10.1 Å². The van der Waals surface area contributed by atoms with Crippen molar-refractivity contribution in [2.45, 2.75) is 6.04 Å². The molecular formula is C14H13BrClFN2. The average molecular weight is 344 g/mol. The molecule has 2 aromatic rings. The standard InChI is InChI=1S/C14H13BrClFN2/c15-9-1-6-13(16)12(7-9)14(8-18)19-11-4-2-10(17)3-5-11/h1-7,14,19H,8,18H2. The third-order valence-corrected chi connectivity index (χ3v) is 3.59. The van der Waals surface area contributed by atoms with E-state index in [2.05, 4.69) is 21.2 Å². The largest absolute Gasteiger partial charge is 0.377 e. The molecule has 0 aliphatic rings. The van der Waals surface area contributed by atoms with Gasteiger partial charge in [-0.3, -0.25) is 0 Å². The molecule has 19 heavy (non-hydrogen) atoms. The summed E-state index contributed by atoms with van der Waals surface area (Å²) in [6, 6.07) is 11.6. The van der Waals surface area contributed by atoms with Gasteiger partial charge < -0.3 is 11.1 Å². The lowest BCUT2D eigenvalue weighted by Crippen LogP contribution is -2.21. The van der Waals surface area contributed by atoms with Gasteiger partial charge in [-0.2, -0.15) is 0 Å². The number of hydrogen-bond donors (Lipinski definition) is 2. The zero-order valence-corrected chi connectivity index (χ0v) is 12.4. The molecule has 0 radical (unpaired) electrons. The van der Waals surface area contributed by atoms with Crippen molar-refractivity contribution in [1.82, 2.24) is 0 Å². The van der Waals surface area contributed by atoms with Crippen LogP contribution in [0.1, 0.15) is 11.6 Å². The van der Waals surface area contributed by atoms with E-state index in [4.69, 9.17) is 17.3 Å². The summed E-state index contributed by atoms with van der Waals surface area (Å²) in [5.74, 6) is -0.268. The fraction of sp³-hybridized carbons (Fsp3) is 0.143. The van der Waals surface area contributed by atoms with Gasteiger partial charge in [0.05, 0.1) is 6.04 Å². The van der Waals surface area contributed by atoms with E-state index in [1.165, 1.54) is 12.1 Å². The maximum atomic E-state index is 12.9. The summed E-state index contributed by atoms with van der Waals surface area (Å²) in [6.45, 7) is 0.382. The van der Waals surface area contributed by atoms with E-state index in [0.717, 1.165) is 15.7 Å². The Hall–Kier alpha value is -1.10. The molecule has 1 atom stereocenters. The fourth-order valence-corrected chi connectivity index (χ4v) is 2.42. The number of nitrogens with one attached hydrogen (secondary N) is 1. The first-order chi connectivity index (χ1) is 9.10. The second-order valence-corrected chi connectivity index (χ2v) is 5.43. The summed E-state index contributed by atoms with van der Waals surface area (Å²) in [5.41, 5.74) is 7.50. The topological polar surface area (TPSA) is 38.0 Å². The van der Waals surface area contributed by atoms with E-state index < -0.39 is 0 Å². The van der Waals surface area contributed by atoms with Crippen LogP contribution in [0.2, 0.25) is 5.02 Å². The van der Waals surface area contributed by atoms with Gasteiger partial charge in [0, 0.05) is 21.7 Å². The molecule has 5 heteroatoms. The average Bonchev–Trinajstić information content (AvgIpc) is 2.41. The van der Waals surface area contributed by atoms with E-state index in [9.17, 15) is 4.39 Å². The number of rotatable bonds is 4. The molecule has 0 aromatic heterocycles. The lowest BCUT2D eigenvalue weighted by molar-refractivity contribution is 0.628. The summed E-state index contributed by atoms with van der Waals surface area (Å²) in [6.07, 6.45) is 0. The highest BCUT2D eigenvalue weighted by atomic mass is 79.9. The zero-order chi connectivity index (χ0) is 13.8. The van der Waals surface area contributed by atoms with Crippen molar-refractivity contribution in [2.24, 2.45) is 5.73 Å². The Bertz CT molecular complexity index is 560. The molecule has 100 valence electrons. The van der Waals surface area contributed by atoms with Crippen LogP contribution in [0.5, 0.6) is 0 Å². The quantitative estimate of drug-likeness (QED) is 0.866. The van der Waals surface area contributed by atoms with E-state index in [-0.39, 0.29) is 11.9 Å². The molecule has 0 spiro atoms. The Kier molecular flexibility index (Phi) is 4.80. The van der Waals surface area contributed by atoms with Gasteiger partial charge in [-0.15, -0.1) is 0 Å². The molecule has 2 rings (SSSR count). The van der Waals surface area contributed by atoms with Gasteiger partial charge in [0.2, 0.25) is 0 Å². The van der Waals surface area contributed by atoms with Crippen molar-refractivity contribution in [3.63, 3.8) is 0 Å². The second-order valence-electron chi connectivity index (χ2n) is 4.11. The molecule has 0 amide bonds. The Morgan fingerprint density at radius 3 is 2.53 bits per heavy atom. The molecule has 0 fully saturated rings. The van der Waals surface area contributed by atoms with Crippen molar-refractivity contribution < 1.29 is 4.39 Å². The maximum Gasteiger partial charge on any atom is 0.123 e. The summed E-state index contributed by atoms with van der Waals surface area (Å²) < 4.78 is 13.8. The maximum absolute atomic E-state index is 12.9. The third-order valence-electron chi connectivity index (χ3n) is 2.75. The summed E-state index contributed by atoms with van der Waals surface area (Å²) in [4.78, 5) is 0. The summed E-state index contributed by atoms with van der Waals surface area (Å²) in [5, 5.41) is 3.89. The van der Waals surface area contributed by atoms with Crippen molar-refractivity contribution in [1.29, 1.82) is 0 Å². The molecule has 0 saturated heterocycles. The zero-order valence-electron chi connectivity index (χ0n) is 10.0. The SMILES string of the molecule is NCC(Nc1ccc(F)cc1)c1cc(Br)ccc1Cl. The van der Waals surface area contributed by atoms with E-state index >= 15 is 0 Å². The van der Waals surface area contributed by atoms with Crippen molar-refractivity contribution >= 4 is 33.2 Å². The fourth-order valence-electron chi connectivity index (χ4n) is 1.79. The Morgan fingerprint density at radius 2 is 1.89 bits per heavy atom. The van der Waals surface area contributed by atoms with E-state index in [0.29, 0.717) is 11.6 Å². The van der Waals surface area contributed by atoms with Crippen LogP contribution < -0.4 is 11.1 Å². The number of hydrogen-bond acceptors (Lipinski definition) is 2. The van der Waals surface area contributed by atoms with Crippen molar-refractivity contribution in [3.8, 4) is 0 Å². The lowest BCUT2D eigenvalue weighted by Gasteiger charge is -2.20. The molecule has 0 saturated carbocycles. The molecule has 0 heterocycles. The molecule has 0 bridgehead atoms. The Balaban J connectivity index is 2.24. The first-order valence-corrected chi connectivity index (χ1v) is 6.94. The van der Waals surface area contributed by atoms with Gasteiger partial charge in [-0.05, 0) is 48.0 Å². The number of anilines is 1. The first kappa shape index (κ1) is 14.3. The third kappa shape index (κ3) is 3.69. The van der Waals surface area contributed by atoms with Crippen molar-refractivity contribution in [2.75, 3.05) is 11.9 Å². The highest BCUT2D eigenvalue weighted by Gasteiger charge is 2.13. The van der Waals surface area contributed by atoms with Gasteiger partial charge in [0.15, 0.2) is 0 Å². The number of benzene rings is 2. The smallest absolute Gasteiger partial charge is 0.123 e. The summed E-state index contributed by atoms with van der Waals surface area (Å²) >= 11 is 9.60. The highest BCUT2D eigenvalue weighted by Crippen LogP contribution is 2.28. The van der Waals surface area contributed by atoms with E-state index in [1.807, 2.05) is 18.2 Å². The molecule has 0 aliphatic heterocycles. The predicted octanol–water partition coefficient (Wildman–Crippen LogP) is 4.35. The number of halogens is 3. The molecule has 2 nitrogen and oxygen atoms in total. The van der Waals surface area contributed by atoms with Gasteiger partial charge in [-0.1, -0.05) is 27.5 Å². The lowest BCUT2D eigenvalue weighted by atomic mass is 10.1. The van der Waals surface area contributed by atoms with Gasteiger partial charge in [0.1, 0.15) is 5.82 Å². The number of nitrogens with two attached hydrogens (primary N) is 1. The predicted molar refractivity (Wildman–Crippen MR) is 81.0 cm³/mol. The van der Waals surface area contributed by atoms with Crippen LogP contribution >= 0.6 is 27.5 Å². The normalized spacial score (nSPS) is 12.2. The minimum Gasteiger partial charge on any atom is -0.377 e. The molecule has 2 aromatic carbocycles. The van der Waals surface area contributed by atoms with Crippen LogP contribution in [0, 0.1) is 5.82 Å². The van der Waals surface area contributed by atoms with Crippen LogP contribution in [0.15, 0.2) is 46.9 Å². The summed E-state index contributed by atoms with van der Waals surface area (Å²) in [7, 11) is 0.